The van der Waals surface area contributed by atoms with E-state index >= 15 is 0 Å². The highest BCUT2D eigenvalue weighted by Crippen LogP contribution is 2.37. The van der Waals surface area contributed by atoms with E-state index in [2.05, 4.69) is 6.07 Å². The molecule has 0 unspecified atom stereocenters. The van der Waals surface area contributed by atoms with E-state index in [-0.39, 0.29) is 0 Å². The van der Waals surface area contributed by atoms with Crippen molar-refractivity contribution in [3.05, 3.63) is 23.3 Å². The van der Waals surface area contributed by atoms with Crippen molar-refractivity contribution < 1.29 is 14.0 Å². The Kier molecular flexibility index (Phi) is 3.57. The third-order valence-corrected chi connectivity index (χ3v) is 4.19. The molecule has 5 heteroatoms. The predicted molar refractivity (Wildman–Crippen MR) is 78.2 cm³/mol. The Morgan fingerprint density at radius 3 is 2.15 bits per heavy atom. The standard InChI is InChI=1S/C15H20BNO3/c1-10-7-11(9-17)12(8-13(10)18-6)16-19-14(2,3)15(4,5)20-16/h7-8H,1-6H3. The molecule has 0 aromatic heterocycles. The first-order valence-electron chi connectivity index (χ1n) is 6.66. The summed E-state index contributed by atoms with van der Waals surface area (Å²) >= 11 is 0. The average molecular weight is 273 g/mol. The van der Waals surface area contributed by atoms with E-state index in [1.807, 2.05) is 40.7 Å². The third-order valence-electron chi connectivity index (χ3n) is 4.19. The highest BCUT2D eigenvalue weighted by molar-refractivity contribution is 6.63. The lowest BCUT2D eigenvalue weighted by Crippen LogP contribution is -2.41. The summed E-state index contributed by atoms with van der Waals surface area (Å²) in [6.07, 6.45) is 0. The maximum absolute atomic E-state index is 9.33. The fourth-order valence-electron chi connectivity index (χ4n) is 2.19. The maximum Gasteiger partial charge on any atom is 0.496 e. The number of benzene rings is 1. The molecular weight excluding hydrogens is 253 g/mol. The summed E-state index contributed by atoms with van der Waals surface area (Å²) in [5.74, 6) is 0.730. The van der Waals surface area contributed by atoms with Gasteiger partial charge in [-0.3, -0.25) is 0 Å². The maximum atomic E-state index is 9.33. The molecule has 4 nitrogen and oxygen atoms in total. The van der Waals surface area contributed by atoms with Crippen LogP contribution in [0.3, 0.4) is 0 Å². The molecule has 0 N–H and O–H groups in total. The molecule has 0 amide bonds. The van der Waals surface area contributed by atoms with Crippen molar-refractivity contribution in [2.75, 3.05) is 7.11 Å². The third kappa shape index (κ3) is 2.30. The number of methoxy groups -OCH3 is 1. The zero-order valence-electron chi connectivity index (χ0n) is 12.9. The summed E-state index contributed by atoms with van der Waals surface area (Å²) in [5.41, 5.74) is 1.34. The Morgan fingerprint density at radius 1 is 1.15 bits per heavy atom. The summed E-state index contributed by atoms with van der Waals surface area (Å²) in [6, 6.07) is 5.84. The molecule has 1 saturated heterocycles. The van der Waals surface area contributed by atoms with Crippen molar-refractivity contribution in [1.82, 2.24) is 0 Å². The number of ether oxygens (including phenoxy) is 1. The van der Waals surface area contributed by atoms with Gasteiger partial charge in [-0.1, -0.05) is 0 Å². The number of hydrogen-bond donors (Lipinski definition) is 0. The SMILES string of the molecule is COc1cc(B2OC(C)(C)C(C)(C)O2)c(C#N)cc1C. The van der Waals surface area contributed by atoms with Gasteiger partial charge in [0.15, 0.2) is 0 Å². The second-order valence-corrected chi connectivity index (χ2v) is 6.11. The van der Waals surface area contributed by atoms with Crippen LogP contribution in [0.1, 0.15) is 38.8 Å². The van der Waals surface area contributed by atoms with E-state index in [9.17, 15) is 5.26 Å². The Labute approximate surface area is 120 Å². The number of rotatable bonds is 2. The van der Waals surface area contributed by atoms with E-state index in [1.54, 1.807) is 13.2 Å². The zero-order chi connectivity index (χ0) is 15.1. The molecule has 1 fully saturated rings. The van der Waals surface area contributed by atoms with Gasteiger partial charge in [-0.25, -0.2) is 0 Å². The fraction of sp³-hybridized carbons (Fsp3) is 0.533. The van der Waals surface area contributed by atoms with Gasteiger partial charge in [0.1, 0.15) is 5.75 Å². The van der Waals surface area contributed by atoms with Crippen molar-refractivity contribution in [3.63, 3.8) is 0 Å². The van der Waals surface area contributed by atoms with Crippen molar-refractivity contribution in [2.45, 2.75) is 45.8 Å². The summed E-state index contributed by atoms with van der Waals surface area (Å²) in [6.45, 7) is 9.87. The van der Waals surface area contributed by atoms with E-state index in [0.29, 0.717) is 11.0 Å². The van der Waals surface area contributed by atoms with Crippen LogP contribution < -0.4 is 10.2 Å². The number of nitrogens with zero attached hydrogens (tertiary/aromatic N) is 1. The van der Waals surface area contributed by atoms with Gasteiger partial charge in [0, 0.05) is 5.46 Å². The fourth-order valence-corrected chi connectivity index (χ4v) is 2.19. The molecule has 0 atom stereocenters. The van der Waals surface area contributed by atoms with Crippen LogP contribution in [0.5, 0.6) is 5.75 Å². The van der Waals surface area contributed by atoms with Crippen LogP contribution >= 0.6 is 0 Å². The molecular formula is C15H20BNO3. The topological polar surface area (TPSA) is 51.5 Å². The Bertz CT molecular complexity index is 559. The summed E-state index contributed by atoms with van der Waals surface area (Å²) in [7, 11) is 1.06. The van der Waals surface area contributed by atoms with Crippen molar-refractivity contribution in [3.8, 4) is 11.8 Å². The van der Waals surface area contributed by atoms with Crippen molar-refractivity contribution in [2.24, 2.45) is 0 Å². The molecule has 1 heterocycles. The van der Waals surface area contributed by atoms with Gasteiger partial charge >= 0.3 is 7.12 Å². The van der Waals surface area contributed by atoms with E-state index in [0.717, 1.165) is 11.3 Å². The van der Waals surface area contributed by atoms with Gasteiger partial charge in [0.25, 0.3) is 0 Å². The molecule has 0 saturated carbocycles. The van der Waals surface area contributed by atoms with Gasteiger partial charge in [-0.15, -0.1) is 0 Å². The number of nitriles is 1. The molecule has 1 aromatic rings. The van der Waals surface area contributed by atoms with Crippen LogP contribution in [0.4, 0.5) is 0 Å². The molecule has 1 aliphatic rings. The van der Waals surface area contributed by atoms with Crippen molar-refractivity contribution in [1.29, 1.82) is 5.26 Å². The van der Waals surface area contributed by atoms with Gasteiger partial charge in [0.05, 0.1) is 29.9 Å². The average Bonchev–Trinajstić information content (AvgIpc) is 2.57. The van der Waals surface area contributed by atoms with Crippen LogP contribution in [0.2, 0.25) is 0 Å². The first-order valence-corrected chi connectivity index (χ1v) is 6.66. The molecule has 1 aliphatic heterocycles. The Hall–Kier alpha value is -1.51. The lowest BCUT2D eigenvalue weighted by Gasteiger charge is -2.32. The van der Waals surface area contributed by atoms with E-state index in [1.165, 1.54) is 0 Å². The van der Waals surface area contributed by atoms with Crippen LogP contribution in [0, 0.1) is 18.3 Å². The van der Waals surface area contributed by atoms with E-state index in [4.69, 9.17) is 14.0 Å². The van der Waals surface area contributed by atoms with Gasteiger partial charge in [-0.2, -0.15) is 5.26 Å². The summed E-state index contributed by atoms with van der Waals surface area (Å²) in [4.78, 5) is 0. The monoisotopic (exact) mass is 273 g/mol. The Morgan fingerprint density at radius 2 is 1.70 bits per heavy atom. The lowest BCUT2D eigenvalue weighted by molar-refractivity contribution is 0.00578. The molecule has 106 valence electrons. The summed E-state index contributed by atoms with van der Waals surface area (Å²) < 4.78 is 17.3. The minimum Gasteiger partial charge on any atom is -0.497 e. The number of aryl methyl sites for hydroxylation is 1. The molecule has 20 heavy (non-hydrogen) atoms. The molecule has 0 spiro atoms. The van der Waals surface area contributed by atoms with Crippen molar-refractivity contribution >= 4 is 12.6 Å². The number of hydrogen-bond acceptors (Lipinski definition) is 4. The van der Waals surface area contributed by atoms with E-state index < -0.39 is 18.3 Å². The smallest absolute Gasteiger partial charge is 0.496 e. The lowest BCUT2D eigenvalue weighted by atomic mass is 9.75. The quantitative estimate of drug-likeness (QED) is 0.775. The first-order chi connectivity index (χ1) is 9.21. The van der Waals surface area contributed by atoms with Gasteiger partial charge < -0.3 is 14.0 Å². The largest absolute Gasteiger partial charge is 0.497 e. The highest BCUT2D eigenvalue weighted by Gasteiger charge is 2.52. The normalized spacial score (nSPS) is 19.8. The second-order valence-electron chi connectivity index (χ2n) is 6.11. The minimum absolute atomic E-state index is 0.428. The van der Waals surface area contributed by atoms with Crippen LogP contribution in [0.15, 0.2) is 12.1 Å². The molecule has 0 bridgehead atoms. The second kappa shape index (κ2) is 4.80. The highest BCUT2D eigenvalue weighted by atomic mass is 16.7. The predicted octanol–water partition coefficient (Wildman–Crippen LogP) is 2.17. The molecule has 2 rings (SSSR count). The Balaban J connectivity index is 2.47. The minimum atomic E-state index is -0.552. The molecule has 0 radical (unpaired) electrons. The molecule has 1 aromatic carbocycles. The van der Waals surface area contributed by atoms with Gasteiger partial charge in [-0.05, 0) is 52.3 Å². The molecule has 0 aliphatic carbocycles. The van der Waals surface area contributed by atoms with Gasteiger partial charge in [0.2, 0.25) is 0 Å². The van der Waals surface area contributed by atoms with Crippen LogP contribution in [0.25, 0.3) is 0 Å². The zero-order valence-corrected chi connectivity index (χ0v) is 12.9. The first kappa shape index (κ1) is 14.9. The van der Waals surface area contributed by atoms with Crippen LogP contribution in [-0.2, 0) is 9.31 Å². The summed E-state index contributed by atoms with van der Waals surface area (Å²) in [5, 5.41) is 9.33. The van der Waals surface area contributed by atoms with Crippen LogP contribution in [-0.4, -0.2) is 25.4 Å².